The van der Waals surface area contributed by atoms with E-state index < -0.39 is 17.3 Å². The molecule has 0 atom stereocenters. The highest BCUT2D eigenvalue weighted by Crippen LogP contribution is 2.32. The maximum absolute atomic E-state index is 12.2. The van der Waals surface area contributed by atoms with Gasteiger partial charge in [0.2, 0.25) is 11.5 Å². The van der Waals surface area contributed by atoms with Crippen molar-refractivity contribution in [2.24, 2.45) is 0 Å². The number of rotatable bonds is 1. The molecule has 0 bridgehead atoms. The van der Waals surface area contributed by atoms with Crippen molar-refractivity contribution in [3.05, 3.63) is 71.2 Å². The average Bonchev–Trinajstić information content (AvgIpc) is 2.51. The first-order valence-electron chi connectivity index (χ1n) is 6.01. The van der Waals surface area contributed by atoms with Crippen LogP contribution >= 0.6 is 12.2 Å². The summed E-state index contributed by atoms with van der Waals surface area (Å²) in [5.74, 6) is -1.82. The molecule has 2 N–H and O–H groups in total. The van der Waals surface area contributed by atoms with E-state index in [0.29, 0.717) is 16.7 Å². The van der Waals surface area contributed by atoms with E-state index in [0.717, 1.165) is 5.56 Å². The number of ketones is 1. The summed E-state index contributed by atoms with van der Waals surface area (Å²) >= 11 is 5.10. The van der Waals surface area contributed by atoms with Gasteiger partial charge in [-0.1, -0.05) is 60.7 Å². The molecule has 0 saturated heterocycles. The Morgan fingerprint density at radius 1 is 0.800 bits per heavy atom. The normalized spacial score (nSPS) is 14.4. The Morgan fingerprint density at radius 3 is 2.15 bits per heavy atom. The first kappa shape index (κ1) is 12.6. The topological polar surface area (TPSA) is 57.5 Å². The van der Waals surface area contributed by atoms with Gasteiger partial charge in [0.25, 0.3) is 0 Å². The first-order chi connectivity index (χ1) is 9.61. The van der Waals surface area contributed by atoms with Crippen LogP contribution in [-0.2, 0) is 0 Å². The SMILES string of the molecule is O=C1C(O)=C(O)C(=S)c2cccc(-c3ccccc3)c21. The minimum absolute atomic E-state index is 0.0925. The number of benzene rings is 2. The molecule has 2 aromatic rings. The summed E-state index contributed by atoms with van der Waals surface area (Å²) in [6.45, 7) is 0. The maximum Gasteiger partial charge on any atom is 0.232 e. The highest BCUT2D eigenvalue weighted by Gasteiger charge is 2.31. The number of carbonyl (C=O) groups excluding carboxylic acids is 1. The molecule has 2 aromatic carbocycles. The highest BCUT2D eigenvalue weighted by molar-refractivity contribution is 7.81. The molecule has 0 spiro atoms. The van der Waals surface area contributed by atoms with Gasteiger partial charge in [-0.15, -0.1) is 0 Å². The molecule has 1 aliphatic rings. The molecule has 0 radical (unpaired) electrons. The molecule has 0 unspecified atom stereocenters. The van der Waals surface area contributed by atoms with E-state index in [1.807, 2.05) is 30.3 Å². The predicted molar refractivity (Wildman–Crippen MR) is 80.2 cm³/mol. The molecule has 1 aliphatic carbocycles. The number of carbonyl (C=O) groups is 1. The van der Waals surface area contributed by atoms with Crippen LogP contribution in [0.2, 0.25) is 0 Å². The Bertz CT molecular complexity index is 761. The van der Waals surface area contributed by atoms with E-state index in [2.05, 4.69) is 0 Å². The van der Waals surface area contributed by atoms with Gasteiger partial charge in [0.1, 0.15) is 0 Å². The largest absolute Gasteiger partial charge is 0.503 e. The second-order valence-corrected chi connectivity index (χ2v) is 4.86. The van der Waals surface area contributed by atoms with Crippen molar-refractivity contribution in [1.29, 1.82) is 0 Å². The molecule has 0 aromatic heterocycles. The first-order valence-corrected chi connectivity index (χ1v) is 6.42. The van der Waals surface area contributed by atoms with E-state index >= 15 is 0 Å². The zero-order chi connectivity index (χ0) is 14.3. The van der Waals surface area contributed by atoms with E-state index in [-0.39, 0.29) is 4.86 Å². The third-order valence-corrected chi connectivity index (χ3v) is 3.69. The van der Waals surface area contributed by atoms with Gasteiger partial charge in [-0.2, -0.15) is 0 Å². The molecule has 98 valence electrons. The van der Waals surface area contributed by atoms with E-state index in [1.165, 1.54) is 0 Å². The van der Waals surface area contributed by atoms with Gasteiger partial charge < -0.3 is 10.2 Å². The maximum atomic E-state index is 12.2. The van der Waals surface area contributed by atoms with Gasteiger partial charge >= 0.3 is 0 Å². The van der Waals surface area contributed by atoms with Crippen molar-refractivity contribution in [3.63, 3.8) is 0 Å². The van der Waals surface area contributed by atoms with Crippen LogP contribution in [-0.4, -0.2) is 20.9 Å². The number of aliphatic hydroxyl groups excluding tert-OH is 2. The van der Waals surface area contributed by atoms with E-state index in [4.69, 9.17) is 12.2 Å². The van der Waals surface area contributed by atoms with E-state index in [1.54, 1.807) is 18.2 Å². The van der Waals surface area contributed by atoms with Gasteiger partial charge in [0, 0.05) is 11.1 Å². The van der Waals surface area contributed by atoms with E-state index in [9.17, 15) is 15.0 Å². The van der Waals surface area contributed by atoms with Crippen LogP contribution in [0.4, 0.5) is 0 Å². The summed E-state index contributed by atoms with van der Waals surface area (Å²) in [7, 11) is 0. The van der Waals surface area contributed by atoms with Crippen molar-refractivity contribution in [1.82, 2.24) is 0 Å². The number of hydrogen-bond acceptors (Lipinski definition) is 4. The summed E-state index contributed by atoms with van der Waals surface area (Å²) in [6.07, 6.45) is 0. The zero-order valence-corrected chi connectivity index (χ0v) is 11.1. The van der Waals surface area contributed by atoms with Crippen molar-refractivity contribution in [2.45, 2.75) is 0 Å². The minimum atomic E-state index is -0.689. The van der Waals surface area contributed by atoms with Crippen LogP contribution in [0.25, 0.3) is 11.1 Å². The average molecular weight is 282 g/mol. The van der Waals surface area contributed by atoms with Crippen LogP contribution in [0, 0.1) is 0 Å². The van der Waals surface area contributed by atoms with Crippen molar-refractivity contribution >= 4 is 22.9 Å². The Kier molecular flexibility index (Phi) is 2.88. The lowest BCUT2D eigenvalue weighted by Gasteiger charge is -2.19. The summed E-state index contributed by atoms with van der Waals surface area (Å²) in [6, 6.07) is 14.6. The molecule has 0 amide bonds. The number of hydrogen-bond donors (Lipinski definition) is 2. The molecule has 0 saturated carbocycles. The Labute approximate surface area is 120 Å². The fourth-order valence-electron chi connectivity index (χ4n) is 2.31. The third-order valence-electron chi connectivity index (χ3n) is 3.28. The summed E-state index contributed by atoms with van der Waals surface area (Å²) < 4.78 is 0. The fourth-order valence-corrected chi connectivity index (χ4v) is 2.57. The lowest BCUT2D eigenvalue weighted by molar-refractivity contribution is 0.0966. The van der Waals surface area contributed by atoms with Crippen LogP contribution in [0.3, 0.4) is 0 Å². The van der Waals surface area contributed by atoms with Crippen LogP contribution in [0.15, 0.2) is 60.0 Å². The molecule has 4 heteroatoms. The molecule has 0 aliphatic heterocycles. The standard InChI is InChI=1S/C16H10O3S/c17-13-12-10(9-5-2-1-3-6-9)7-4-8-11(12)16(20)15(19)14(13)18/h1-8,18-19H. The van der Waals surface area contributed by atoms with Gasteiger partial charge in [-0.3, -0.25) is 4.79 Å². The third kappa shape index (κ3) is 1.73. The van der Waals surface area contributed by atoms with Crippen LogP contribution < -0.4 is 0 Å². The number of fused-ring (bicyclic) bond motifs is 1. The van der Waals surface area contributed by atoms with Gasteiger partial charge in [-0.25, -0.2) is 0 Å². The molecule has 3 rings (SSSR count). The number of aliphatic hydroxyl groups is 2. The zero-order valence-electron chi connectivity index (χ0n) is 10.3. The smallest absolute Gasteiger partial charge is 0.232 e. The van der Waals surface area contributed by atoms with Crippen LogP contribution in [0.1, 0.15) is 15.9 Å². The Morgan fingerprint density at radius 2 is 1.45 bits per heavy atom. The molecule has 0 heterocycles. The second kappa shape index (κ2) is 4.58. The Balaban J connectivity index is 2.31. The predicted octanol–water partition coefficient (Wildman–Crippen LogP) is 3.60. The second-order valence-electron chi connectivity index (χ2n) is 4.45. The number of Topliss-reactive ketones (excluding diaryl/α,β-unsaturated/α-hetero) is 1. The quantitative estimate of drug-likeness (QED) is 0.785. The lowest BCUT2D eigenvalue weighted by atomic mass is 9.87. The molecule has 3 nitrogen and oxygen atoms in total. The van der Waals surface area contributed by atoms with Crippen molar-refractivity contribution in [2.75, 3.05) is 0 Å². The highest BCUT2D eigenvalue weighted by atomic mass is 32.1. The summed E-state index contributed by atoms with van der Waals surface area (Å²) in [5, 5.41) is 19.4. The monoisotopic (exact) mass is 282 g/mol. The van der Waals surface area contributed by atoms with Gasteiger partial charge in [-0.05, 0) is 11.1 Å². The van der Waals surface area contributed by atoms with Crippen molar-refractivity contribution < 1.29 is 15.0 Å². The van der Waals surface area contributed by atoms with Crippen molar-refractivity contribution in [3.8, 4) is 11.1 Å². The molecular formula is C16H10O3S. The fraction of sp³-hybridized carbons (Fsp3) is 0. The number of thiocarbonyl (C=S) groups is 1. The lowest BCUT2D eigenvalue weighted by Crippen LogP contribution is -2.22. The Hall–Kier alpha value is -2.46. The summed E-state index contributed by atoms with van der Waals surface area (Å²) in [4.78, 5) is 12.3. The minimum Gasteiger partial charge on any atom is -0.503 e. The number of allylic oxidation sites excluding steroid dienone is 2. The molecule has 20 heavy (non-hydrogen) atoms. The van der Waals surface area contributed by atoms with Crippen LogP contribution in [0.5, 0.6) is 0 Å². The molecule has 0 fully saturated rings. The molecular weight excluding hydrogens is 272 g/mol. The van der Waals surface area contributed by atoms with Gasteiger partial charge in [0.05, 0.1) is 4.86 Å². The summed E-state index contributed by atoms with van der Waals surface area (Å²) in [5.41, 5.74) is 2.35. The van der Waals surface area contributed by atoms with Gasteiger partial charge in [0.15, 0.2) is 5.76 Å².